The van der Waals surface area contributed by atoms with Gasteiger partial charge >= 0.3 is 6.18 Å². The molecule has 0 radical (unpaired) electrons. The smallest absolute Gasteiger partial charge is 0.416 e. The minimum atomic E-state index is -4.45. The molecule has 4 nitrogen and oxygen atoms in total. The van der Waals surface area contributed by atoms with Crippen molar-refractivity contribution >= 4 is 17.3 Å². The predicted octanol–water partition coefficient (Wildman–Crippen LogP) is 4.54. The second kappa shape index (κ2) is 7.92. The number of benzene rings is 2. The van der Waals surface area contributed by atoms with Crippen molar-refractivity contribution in [1.82, 2.24) is 0 Å². The Kier molecular flexibility index (Phi) is 5.90. The average molecular weight is 352 g/mol. The Morgan fingerprint density at radius 1 is 1.12 bits per heavy atom. The Hall–Kier alpha value is -2.70. The summed E-state index contributed by atoms with van der Waals surface area (Å²) in [7, 11) is 0. The number of carbonyl (C=O) groups is 1. The van der Waals surface area contributed by atoms with Crippen LogP contribution in [0, 0.1) is 0 Å². The third-order valence-electron chi connectivity index (χ3n) is 3.40. The monoisotopic (exact) mass is 352 g/mol. The van der Waals surface area contributed by atoms with Gasteiger partial charge in [0.25, 0.3) is 0 Å². The molecule has 2 N–H and O–H groups in total. The predicted molar refractivity (Wildman–Crippen MR) is 90.8 cm³/mol. The lowest BCUT2D eigenvalue weighted by atomic mass is 10.2. The van der Waals surface area contributed by atoms with Gasteiger partial charge in [-0.2, -0.15) is 13.2 Å². The molecule has 0 unspecified atom stereocenters. The number of anilines is 2. The molecule has 134 valence electrons. The van der Waals surface area contributed by atoms with E-state index in [-0.39, 0.29) is 5.69 Å². The molecule has 2 rings (SSSR count). The van der Waals surface area contributed by atoms with Gasteiger partial charge in [-0.1, -0.05) is 6.07 Å². The summed E-state index contributed by atoms with van der Waals surface area (Å²) >= 11 is 0. The van der Waals surface area contributed by atoms with Gasteiger partial charge in [0, 0.05) is 11.4 Å². The molecule has 25 heavy (non-hydrogen) atoms. The lowest BCUT2D eigenvalue weighted by Gasteiger charge is -2.16. The maximum absolute atomic E-state index is 12.7. The van der Waals surface area contributed by atoms with E-state index in [4.69, 9.17) is 4.74 Å². The highest BCUT2D eigenvalue weighted by Gasteiger charge is 2.30. The summed E-state index contributed by atoms with van der Waals surface area (Å²) in [6.45, 7) is 4.06. The second-order valence-electron chi connectivity index (χ2n) is 5.39. The van der Waals surface area contributed by atoms with E-state index in [9.17, 15) is 18.0 Å². The molecule has 0 bridgehead atoms. The van der Waals surface area contributed by atoms with Crippen molar-refractivity contribution in [2.75, 3.05) is 17.2 Å². The first-order valence-electron chi connectivity index (χ1n) is 7.77. The molecular weight excluding hydrogens is 333 g/mol. The Labute approximate surface area is 144 Å². The van der Waals surface area contributed by atoms with Crippen LogP contribution in [0.25, 0.3) is 0 Å². The highest BCUT2D eigenvalue weighted by molar-refractivity contribution is 5.96. The van der Waals surface area contributed by atoms with Gasteiger partial charge in [0.05, 0.1) is 12.2 Å². The van der Waals surface area contributed by atoms with Gasteiger partial charge < -0.3 is 15.4 Å². The zero-order valence-electron chi connectivity index (χ0n) is 13.9. The average Bonchev–Trinajstić information content (AvgIpc) is 2.56. The van der Waals surface area contributed by atoms with Crippen LogP contribution in [0.5, 0.6) is 5.75 Å². The zero-order valence-corrected chi connectivity index (χ0v) is 13.9. The summed E-state index contributed by atoms with van der Waals surface area (Å²) in [6.07, 6.45) is -4.45. The molecular formula is C18H19F3N2O2. The Bertz CT molecular complexity index is 715. The number of carbonyl (C=O) groups excluding carboxylic acids is 1. The first-order chi connectivity index (χ1) is 11.8. The number of hydrogen-bond acceptors (Lipinski definition) is 3. The molecule has 0 saturated heterocycles. The summed E-state index contributed by atoms with van der Waals surface area (Å²) in [5, 5.41) is 5.47. The Balaban J connectivity index is 1.98. The van der Waals surface area contributed by atoms with Crippen molar-refractivity contribution in [1.29, 1.82) is 0 Å². The number of nitrogens with one attached hydrogen (secondary N) is 2. The van der Waals surface area contributed by atoms with E-state index in [1.54, 1.807) is 31.2 Å². The quantitative estimate of drug-likeness (QED) is 0.802. The van der Waals surface area contributed by atoms with Crippen LogP contribution in [0.1, 0.15) is 19.4 Å². The van der Waals surface area contributed by atoms with Crippen molar-refractivity contribution in [3.05, 3.63) is 54.1 Å². The van der Waals surface area contributed by atoms with Crippen LogP contribution in [0.3, 0.4) is 0 Å². The fourth-order valence-corrected chi connectivity index (χ4v) is 2.15. The fourth-order valence-electron chi connectivity index (χ4n) is 2.15. The van der Waals surface area contributed by atoms with E-state index in [1.807, 2.05) is 6.92 Å². The summed E-state index contributed by atoms with van der Waals surface area (Å²) in [6, 6.07) is 11.0. The molecule has 0 fully saturated rings. The van der Waals surface area contributed by atoms with Gasteiger partial charge in [0.1, 0.15) is 11.8 Å². The largest absolute Gasteiger partial charge is 0.494 e. The SMILES string of the molecule is CCOc1ccc(N[C@H](C)C(=O)Nc2cccc(C(F)(F)F)c2)cc1. The minimum absolute atomic E-state index is 0.0974. The summed E-state index contributed by atoms with van der Waals surface area (Å²) in [5.74, 6) is 0.280. The van der Waals surface area contributed by atoms with E-state index in [2.05, 4.69) is 10.6 Å². The molecule has 1 atom stereocenters. The first-order valence-corrected chi connectivity index (χ1v) is 7.77. The van der Waals surface area contributed by atoms with Gasteiger partial charge in [0.15, 0.2) is 0 Å². The lowest BCUT2D eigenvalue weighted by Crippen LogP contribution is -2.31. The van der Waals surface area contributed by atoms with Crippen LogP contribution < -0.4 is 15.4 Å². The van der Waals surface area contributed by atoms with E-state index < -0.39 is 23.7 Å². The summed E-state index contributed by atoms with van der Waals surface area (Å²) in [5.41, 5.74) is -0.00672. The van der Waals surface area contributed by atoms with Crippen LogP contribution in [-0.2, 0) is 11.0 Å². The van der Waals surface area contributed by atoms with Crippen molar-refractivity contribution in [3.63, 3.8) is 0 Å². The molecule has 0 aromatic heterocycles. The second-order valence-corrected chi connectivity index (χ2v) is 5.39. The maximum atomic E-state index is 12.7. The molecule has 1 amide bonds. The van der Waals surface area contributed by atoms with Crippen LogP contribution in [0.15, 0.2) is 48.5 Å². The van der Waals surface area contributed by atoms with Gasteiger partial charge in [-0.3, -0.25) is 4.79 Å². The Morgan fingerprint density at radius 2 is 1.80 bits per heavy atom. The molecule has 0 spiro atoms. The maximum Gasteiger partial charge on any atom is 0.416 e. The van der Waals surface area contributed by atoms with Crippen molar-refractivity contribution in [2.45, 2.75) is 26.1 Å². The topological polar surface area (TPSA) is 50.4 Å². The third-order valence-corrected chi connectivity index (χ3v) is 3.40. The van der Waals surface area contributed by atoms with Gasteiger partial charge in [-0.05, 0) is 56.3 Å². The van der Waals surface area contributed by atoms with Crippen LogP contribution in [-0.4, -0.2) is 18.6 Å². The standard InChI is InChI=1S/C18H19F3N2O2/c1-3-25-16-9-7-14(8-10-16)22-12(2)17(24)23-15-6-4-5-13(11-15)18(19,20)21/h4-12,22H,3H2,1-2H3,(H,23,24)/t12-/m1/s1. The highest BCUT2D eigenvalue weighted by atomic mass is 19.4. The van der Waals surface area contributed by atoms with Gasteiger partial charge in [0.2, 0.25) is 5.91 Å². The van der Waals surface area contributed by atoms with Crippen LogP contribution >= 0.6 is 0 Å². The number of amides is 1. The van der Waals surface area contributed by atoms with Crippen LogP contribution in [0.4, 0.5) is 24.5 Å². The molecule has 0 aliphatic heterocycles. The number of ether oxygens (including phenoxy) is 1. The molecule has 0 heterocycles. The normalized spacial score (nSPS) is 12.4. The fraction of sp³-hybridized carbons (Fsp3) is 0.278. The van der Waals surface area contributed by atoms with Crippen LogP contribution in [0.2, 0.25) is 0 Å². The number of rotatable bonds is 6. The number of halogens is 3. The van der Waals surface area contributed by atoms with Gasteiger partial charge in [-0.25, -0.2) is 0 Å². The zero-order chi connectivity index (χ0) is 18.4. The van der Waals surface area contributed by atoms with E-state index in [0.717, 1.165) is 12.1 Å². The Morgan fingerprint density at radius 3 is 2.40 bits per heavy atom. The molecule has 2 aromatic rings. The molecule has 0 aliphatic carbocycles. The minimum Gasteiger partial charge on any atom is -0.494 e. The van der Waals surface area contributed by atoms with Crippen molar-refractivity contribution < 1.29 is 22.7 Å². The number of alkyl halides is 3. The molecule has 0 aliphatic rings. The van der Waals surface area contributed by atoms with E-state index >= 15 is 0 Å². The van der Waals surface area contributed by atoms with E-state index in [0.29, 0.717) is 18.0 Å². The summed E-state index contributed by atoms with van der Waals surface area (Å²) < 4.78 is 43.4. The highest BCUT2D eigenvalue weighted by Crippen LogP contribution is 2.30. The molecule has 7 heteroatoms. The summed E-state index contributed by atoms with van der Waals surface area (Å²) in [4.78, 5) is 12.2. The first kappa shape index (κ1) is 18.6. The molecule has 0 saturated carbocycles. The van der Waals surface area contributed by atoms with Crippen molar-refractivity contribution in [3.8, 4) is 5.75 Å². The van der Waals surface area contributed by atoms with Gasteiger partial charge in [-0.15, -0.1) is 0 Å². The lowest BCUT2D eigenvalue weighted by molar-refractivity contribution is -0.137. The third kappa shape index (κ3) is 5.41. The van der Waals surface area contributed by atoms with E-state index in [1.165, 1.54) is 12.1 Å². The number of hydrogen-bond donors (Lipinski definition) is 2. The molecule has 2 aromatic carbocycles. The van der Waals surface area contributed by atoms with Crippen molar-refractivity contribution in [2.24, 2.45) is 0 Å².